The number of aryl methyl sites for hydroxylation is 4. The van der Waals surface area contributed by atoms with Crippen LogP contribution in [0.4, 0.5) is 4.79 Å². The van der Waals surface area contributed by atoms with Crippen LogP contribution in [-0.4, -0.2) is 6.16 Å². The third-order valence-corrected chi connectivity index (χ3v) is 5.05. The Morgan fingerprint density at radius 1 is 0.714 bits per heavy atom. The van der Waals surface area contributed by atoms with Crippen molar-refractivity contribution in [2.24, 2.45) is 0 Å². The van der Waals surface area contributed by atoms with Gasteiger partial charge in [0.25, 0.3) is 0 Å². The second kappa shape index (κ2) is 11.5. The fourth-order valence-electron chi connectivity index (χ4n) is 3.23. The number of unbranched alkanes of at least 4 members (excludes halogenated alkanes) is 2. The molecule has 0 atom stereocenters. The minimum atomic E-state index is -0.663. The molecular formula is C25H34O3. The number of hydrogen-bond acceptors (Lipinski definition) is 3. The fourth-order valence-corrected chi connectivity index (χ4v) is 3.23. The van der Waals surface area contributed by atoms with E-state index in [0.717, 1.165) is 62.5 Å². The van der Waals surface area contributed by atoms with Crippen LogP contribution in [0.25, 0.3) is 0 Å². The van der Waals surface area contributed by atoms with Crippen LogP contribution >= 0.6 is 0 Å². The molecule has 28 heavy (non-hydrogen) atoms. The van der Waals surface area contributed by atoms with Gasteiger partial charge in [-0.1, -0.05) is 64.8 Å². The van der Waals surface area contributed by atoms with Gasteiger partial charge in [-0.05, 0) is 72.9 Å². The van der Waals surface area contributed by atoms with E-state index in [2.05, 4.69) is 39.8 Å². The number of ether oxygens (including phenoxy) is 2. The average Bonchev–Trinajstić information content (AvgIpc) is 2.72. The molecule has 0 radical (unpaired) electrons. The number of rotatable bonds is 10. The molecule has 0 aliphatic heterocycles. The minimum Gasteiger partial charge on any atom is -0.394 e. The number of carbonyl (C=O) groups excluding carboxylic acids is 1. The summed E-state index contributed by atoms with van der Waals surface area (Å²) in [7, 11) is 0. The smallest absolute Gasteiger partial charge is 0.394 e. The zero-order valence-corrected chi connectivity index (χ0v) is 17.8. The van der Waals surface area contributed by atoms with E-state index < -0.39 is 6.16 Å². The normalized spacial score (nSPS) is 10.7. The molecule has 0 N–H and O–H groups in total. The van der Waals surface area contributed by atoms with E-state index in [1.807, 2.05) is 24.3 Å². The van der Waals surface area contributed by atoms with Crippen LogP contribution in [0, 0.1) is 0 Å². The first-order valence-electron chi connectivity index (χ1n) is 10.7. The van der Waals surface area contributed by atoms with Crippen LogP contribution in [-0.2, 0) is 25.7 Å². The molecule has 0 heterocycles. The molecule has 2 aromatic carbocycles. The topological polar surface area (TPSA) is 35.5 Å². The Kier molecular flexibility index (Phi) is 9.06. The maximum Gasteiger partial charge on any atom is 0.519 e. The second-order valence-electron chi connectivity index (χ2n) is 7.25. The predicted octanol–water partition coefficient (Wildman–Crippen LogP) is 7.07. The van der Waals surface area contributed by atoms with Gasteiger partial charge < -0.3 is 9.47 Å². The maximum atomic E-state index is 12.5. The Morgan fingerprint density at radius 3 is 1.50 bits per heavy atom. The highest BCUT2D eigenvalue weighted by molar-refractivity contribution is 5.68. The highest BCUT2D eigenvalue weighted by Gasteiger charge is 2.15. The molecule has 0 aliphatic carbocycles. The van der Waals surface area contributed by atoms with Crippen molar-refractivity contribution in [1.29, 1.82) is 0 Å². The zero-order valence-electron chi connectivity index (χ0n) is 17.8. The van der Waals surface area contributed by atoms with Crippen molar-refractivity contribution < 1.29 is 14.3 Å². The molecule has 2 rings (SSSR count). The fraction of sp³-hybridized carbons (Fsp3) is 0.480. The van der Waals surface area contributed by atoms with E-state index in [9.17, 15) is 4.79 Å². The number of benzene rings is 2. The Hall–Kier alpha value is -2.29. The maximum absolute atomic E-state index is 12.5. The van der Waals surface area contributed by atoms with Crippen LogP contribution in [0.1, 0.15) is 75.6 Å². The zero-order chi connectivity index (χ0) is 20.4. The molecular weight excluding hydrogens is 348 g/mol. The van der Waals surface area contributed by atoms with Crippen molar-refractivity contribution in [2.45, 2.75) is 79.1 Å². The highest BCUT2D eigenvalue weighted by Crippen LogP contribution is 2.26. The van der Waals surface area contributed by atoms with Gasteiger partial charge in [-0.3, -0.25) is 0 Å². The Labute approximate surface area is 170 Å². The molecule has 3 heteroatoms. The van der Waals surface area contributed by atoms with Gasteiger partial charge in [-0.25, -0.2) is 4.79 Å². The van der Waals surface area contributed by atoms with E-state index in [0.29, 0.717) is 11.5 Å². The molecule has 152 valence electrons. The monoisotopic (exact) mass is 382 g/mol. The number of hydrogen-bond donors (Lipinski definition) is 0. The van der Waals surface area contributed by atoms with Crippen molar-refractivity contribution in [3.05, 3.63) is 58.7 Å². The van der Waals surface area contributed by atoms with Crippen LogP contribution in [0.3, 0.4) is 0 Å². The van der Waals surface area contributed by atoms with Crippen LogP contribution in [0.2, 0.25) is 0 Å². The molecule has 0 unspecified atom stereocenters. The van der Waals surface area contributed by atoms with Gasteiger partial charge in [-0.2, -0.15) is 0 Å². The lowest BCUT2D eigenvalue weighted by Gasteiger charge is -2.14. The van der Waals surface area contributed by atoms with Gasteiger partial charge in [0.2, 0.25) is 0 Å². The standard InChI is InChI=1S/C25H34O3/c1-5-9-11-21-17-19(7-3)13-15-23(21)27-25(26)28-24-16-14-20(8-4)18-22(24)12-10-6-2/h13-18H,5-12H2,1-4H3. The highest BCUT2D eigenvalue weighted by atomic mass is 16.7. The summed E-state index contributed by atoms with van der Waals surface area (Å²) in [5.41, 5.74) is 4.66. The van der Waals surface area contributed by atoms with Crippen LogP contribution in [0.5, 0.6) is 11.5 Å². The molecule has 0 saturated heterocycles. The van der Waals surface area contributed by atoms with Gasteiger partial charge in [-0.15, -0.1) is 0 Å². The third kappa shape index (κ3) is 6.40. The largest absolute Gasteiger partial charge is 0.519 e. The molecule has 0 fully saturated rings. The van der Waals surface area contributed by atoms with Crippen LogP contribution < -0.4 is 9.47 Å². The van der Waals surface area contributed by atoms with Gasteiger partial charge in [0.1, 0.15) is 11.5 Å². The lowest BCUT2D eigenvalue weighted by molar-refractivity contribution is 0.151. The van der Waals surface area contributed by atoms with E-state index >= 15 is 0 Å². The first-order chi connectivity index (χ1) is 13.6. The van der Waals surface area contributed by atoms with E-state index in [4.69, 9.17) is 9.47 Å². The molecule has 0 bridgehead atoms. The summed E-state index contributed by atoms with van der Waals surface area (Å²) >= 11 is 0. The summed E-state index contributed by atoms with van der Waals surface area (Å²) < 4.78 is 11.2. The minimum absolute atomic E-state index is 0.607. The lowest BCUT2D eigenvalue weighted by atomic mass is 10.0. The second-order valence-corrected chi connectivity index (χ2v) is 7.25. The van der Waals surface area contributed by atoms with Crippen molar-refractivity contribution in [2.75, 3.05) is 0 Å². The van der Waals surface area contributed by atoms with Gasteiger partial charge in [0.15, 0.2) is 0 Å². The summed E-state index contributed by atoms with van der Waals surface area (Å²) in [5.74, 6) is 1.21. The average molecular weight is 383 g/mol. The van der Waals surface area contributed by atoms with Crippen molar-refractivity contribution in [3.63, 3.8) is 0 Å². The lowest BCUT2D eigenvalue weighted by Crippen LogP contribution is -2.16. The SMILES string of the molecule is CCCCc1cc(CC)ccc1OC(=O)Oc1ccc(CC)cc1CCCC. The quantitative estimate of drug-likeness (QED) is 0.325. The first kappa shape index (κ1) is 22.0. The summed E-state index contributed by atoms with van der Waals surface area (Å²) in [6, 6.07) is 12.1. The van der Waals surface area contributed by atoms with Crippen molar-refractivity contribution >= 4 is 6.16 Å². The molecule has 0 saturated carbocycles. The third-order valence-electron chi connectivity index (χ3n) is 5.05. The Bertz CT molecular complexity index is 701. The molecule has 2 aromatic rings. The molecule has 0 amide bonds. The molecule has 0 spiro atoms. The predicted molar refractivity (Wildman–Crippen MR) is 116 cm³/mol. The molecule has 3 nitrogen and oxygen atoms in total. The van der Waals surface area contributed by atoms with E-state index in [1.54, 1.807) is 0 Å². The van der Waals surface area contributed by atoms with E-state index in [-0.39, 0.29) is 0 Å². The molecule has 0 aromatic heterocycles. The van der Waals surface area contributed by atoms with Crippen molar-refractivity contribution in [1.82, 2.24) is 0 Å². The van der Waals surface area contributed by atoms with Gasteiger partial charge >= 0.3 is 6.16 Å². The van der Waals surface area contributed by atoms with Gasteiger partial charge in [0.05, 0.1) is 0 Å². The summed E-state index contributed by atoms with van der Waals surface area (Å²) in [6.07, 6.45) is 7.42. The van der Waals surface area contributed by atoms with E-state index in [1.165, 1.54) is 11.1 Å². The summed E-state index contributed by atoms with van der Waals surface area (Å²) in [5, 5.41) is 0. The van der Waals surface area contributed by atoms with Gasteiger partial charge in [0, 0.05) is 0 Å². The molecule has 0 aliphatic rings. The van der Waals surface area contributed by atoms with Crippen LogP contribution in [0.15, 0.2) is 36.4 Å². The first-order valence-corrected chi connectivity index (χ1v) is 10.7. The summed E-state index contributed by atoms with van der Waals surface area (Å²) in [4.78, 5) is 12.5. The Balaban J connectivity index is 2.15. The summed E-state index contributed by atoms with van der Waals surface area (Å²) in [6.45, 7) is 8.59. The van der Waals surface area contributed by atoms with Crippen molar-refractivity contribution in [3.8, 4) is 11.5 Å². The Morgan fingerprint density at radius 2 is 1.14 bits per heavy atom. The number of carbonyl (C=O) groups is 1.